The van der Waals surface area contributed by atoms with E-state index in [0.29, 0.717) is 11.6 Å². The van der Waals surface area contributed by atoms with Gasteiger partial charge in [0.25, 0.3) is 0 Å². The summed E-state index contributed by atoms with van der Waals surface area (Å²) in [6, 6.07) is 1.96. The molecule has 0 radical (unpaired) electrons. The molecule has 3 rings (SSSR count). The monoisotopic (exact) mass is 274 g/mol. The maximum atomic E-state index is 5.97. The molecule has 0 fully saturated rings. The molecule has 0 saturated carbocycles. The Balaban J connectivity index is 2.23. The van der Waals surface area contributed by atoms with Crippen LogP contribution < -0.4 is 5.73 Å². The number of aromatic nitrogens is 3. The zero-order chi connectivity index (χ0) is 12.7. The Bertz CT molecular complexity index is 742. The SMILES string of the molecule is C=Cc1cc2c(N)nc(-c3nc(C)cs3)nc2s1. The van der Waals surface area contributed by atoms with Crippen molar-refractivity contribution in [1.82, 2.24) is 15.0 Å². The smallest absolute Gasteiger partial charge is 0.192 e. The Kier molecular flexibility index (Phi) is 2.61. The minimum absolute atomic E-state index is 0.493. The molecule has 0 aromatic carbocycles. The summed E-state index contributed by atoms with van der Waals surface area (Å²) in [4.78, 5) is 15.1. The number of hydrogen-bond donors (Lipinski definition) is 1. The highest BCUT2D eigenvalue weighted by Gasteiger charge is 2.12. The summed E-state index contributed by atoms with van der Waals surface area (Å²) in [6.07, 6.45) is 1.79. The van der Waals surface area contributed by atoms with Gasteiger partial charge < -0.3 is 5.73 Å². The molecular formula is C12H10N4S2. The third-order valence-corrected chi connectivity index (χ3v) is 4.43. The fourth-order valence-electron chi connectivity index (χ4n) is 1.62. The summed E-state index contributed by atoms with van der Waals surface area (Å²) < 4.78 is 0. The number of aryl methyl sites for hydroxylation is 1. The van der Waals surface area contributed by atoms with Gasteiger partial charge in [-0.25, -0.2) is 15.0 Å². The van der Waals surface area contributed by atoms with Crippen LogP contribution in [-0.4, -0.2) is 15.0 Å². The lowest BCUT2D eigenvalue weighted by Crippen LogP contribution is -1.95. The van der Waals surface area contributed by atoms with Crippen molar-refractivity contribution >= 4 is 44.8 Å². The van der Waals surface area contributed by atoms with E-state index in [9.17, 15) is 0 Å². The average Bonchev–Trinajstić information content (AvgIpc) is 2.94. The van der Waals surface area contributed by atoms with Gasteiger partial charge in [-0.1, -0.05) is 12.7 Å². The van der Waals surface area contributed by atoms with Crippen LogP contribution in [0.5, 0.6) is 0 Å². The van der Waals surface area contributed by atoms with Crippen molar-refractivity contribution < 1.29 is 0 Å². The van der Waals surface area contributed by atoms with Crippen molar-refractivity contribution in [1.29, 1.82) is 0 Å². The highest BCUT2D eigenvalue weighted by atomic mass is 32.1. The molecule has 2 N–H and O–H groups in total. The Labute approximate surface area is 112 Å². The van der Waals surface area contributed by atoms with Gasteiger partial charge in [0.05, 0.1) is 5.39 Å². The summed E-state index contributed by atoms with van der Waals surface area (Å²) >= 11 is 3.08. The number of nitrogens with two attached hydrogens (primary N) is 1. The van der Waals surface area contributed by atoms with Gasteiger partial charge in [-0.15, -0.1) is 22.7 Å². The predicted octanol–water partition coefficient (Wildman–Crippen LogP) is 3.35. The summed E-state index contributed by atoms with van der Waals surface area (Å²) in [7, 11) is 0. The largest absolute Gasteiger partial charge is 0.383 e. The van der Waals surface area contributed by atoms with Crippen LogP contribution in [0.3, 0.4) is 0 Å². The molecular weight excluding hydrogens is 264 g/mol. The van der Waals surface area contributed by atoms with E-state index in [1.165, 1.54) is 11.3 Å². The number of rotatable bonds is 2. The predicted molar refractivity (Wildman–Crippen MR) is 77.8 cm³/mol. The maximum Gasteiger partial charge on any atom is 0.192 e. The van der Waals surface area contributed by atoms with Crippen molar-refractivity contribution in [3.05, 3.63) is 28.6 Å². The lowest BCUT2D eigenvalue weighted by atomic mass is 10.3. The van der Waals surface area contributed by atoms with Crippen molar-refractivity contribution in [3.63, 3.8) is 0 Å². The molecule has 3 heterocycles. The van der Waals surface area contributed by atoms with Crippen LogP contribution >= 0.6 is 22.7 Å². The number of thiazole rings is 1. The third kappa shape index (κ3) is 1.79. The second-order valence-electron chi connectivity index (χ2n) is 3.80. The number of thiophene rings is 1. The molecule has 3 aromatic heterocycles. The van der Waals surface area contributed by atoms with Crippen molar-refractivity contribution in [2.24, 2.45) is 0 Å². The van der Waals surface area contributed by atoms with Gasteiger partial charge in [0.15, 0.2) is 10.8 Å². The first-order valence-corrected chi connectivity index (χ1v) is 6.99. The number of nitrogens with zero attached hydrogens (tertiary/aromatic N) is 3. The van der Waals surface area contributed by atoms with E-state index < -0.39 is 0 Å². The molecule has 6 heteroatoms. The van der Waals surface area contributed by atoms with Gasteiger partial charge in [-0.05, 0) is 13.0 Å². The Morgan fingerprint density at radius 3 is 2.83 bits per heavy atom. The zero-order valence-electron chi connectivity index (χ0n) is 9.67. The van der Waals surface area contributed by atoms with E-state index in [-0.39, 0.29) is 0 Å². The summed E-state index contributed by atoms with van der Waals surface area (Å²) in [5.74, 6) is 1.09. The highest BCUT2D eigenvalue weighted by molar-refractivity contribution is 7.19. The molecule has 0 bridgehead atoms. The van der Waals surface area contributed by atoms with Crippen molar-refractivity contribution in [2.75, 3.05) is 5.73 Å². The zero-order valence-corrected chi connectivity index (χ0v) is 11.3. The first-order chi connectivity index (χ1) is 8.67. The fraction of sp³-hybridized carbons (Fsp3) is 0.0833. The van der Waals surface area contributed by atoms with E-state index in [4.69, 9.17) is 5.73 Å². The highest BCUT2D eigenvalue weighted by Crippen LogP contribution is 2.31. The minimum atomic E-state index is 0.493. The number of anilines is 1. The molecule has 90 valence electrons. The summed E-state index contributed by atoms with van der Waals surface area (Å²) in [5.41, 5.74) is 6.94. The first-order valence-electron chi connectivity index (χ1n) is 5.29. The third-order valence-electron chi connectivity index (χ3n) is 2.45. The van der Waals surface area contributed by atoms with Gasteiger partial charge in [0.2, 0.25) is 0 Å². The van der Waals surface area contributed by atoms with Crippen molar-refractivity contribution in [2.45, 2.75) is 6.92 Å². The quantitative estimate of drug-likeness (QED) is 0.778. The molecule has 0 aliphatic heterocycles. The lowest BCUT2D eigenvalue weighted by molar-refractivity contribution is 1.19. The van der Waals surface area contributed by atoms with E-state index >= 15 is 0 Å². The van der Waals surface area contributed by atoms with Gasteiger partial charge >= 0.3 is 0 Å². The van der Waals surface area contributed by atoms with Gasteiger partial charge in [0.1, 0.15) is 10.6 Å². The molecule has 3 aromatic rings. The second-order valence-corrected chi connectivity index (χ2v) is 5.72. The Morgan fingerprint density at radius 2 is 2.17 bits per heavy atom. The van der Waals surface area contributed by atoms with Crippen LogP contribution in [0, 0.1) is 6.92 Å². The van der Waals surface area contributed by atoms with E-state index in [1.54, 1.807) is 17.4 Å². The fourth-order valence-corrected chi connectivity index (χ4v) is 3.23. The van der Waals surface area contributed by atoms with Crippen LogP contribution in [0.15, 0.2) is 18.0 Å². The lowest BCUT2D eigenvalue weighted by Gasteiger charge is -1.98. The standard InChI is InChI=1S/C12H10N4S2/c1-3-7-4-8-9(13)15-10(16-11(8)18-7)12-14-6(2)5-17-12/h3-5H,1H2,2H3,(H2,13,15,16). The molecule has 4 nitrogen and oxygen atoms in total. The Morgan fingerprint density at radius 1 is 1.33 bits per heavy atom. The number of nitrogen functional groups attached to an aromatic ring is 1. The molecule has 0 unspecified atom stereocenters. The van der Waals surface area contributed by atoms with E-state index in [1.807, 2.05) is 18.4 Å². The van der Waals surface area contributed by atoms with Gasteiger partial charge in [-0.2, -0.15) is 0 Å². The normalized spacial score (nSPS) is 10.9. The summed E-state index contributed by atoms with van der Waals surface area (Å²) in [6.45, 7) is 5.70. The van der Waals surface area contributed by atoms with Crippen LogP contribution in [0.2, 0.25) is 0 Å². The first kappa shape index (κ1) is 11.3. The molecule has 18 heavy (non-hydrogen) atoms. The van der Waals surface area contributed by atoms with E-state index in [2.05, 4.69) is 21.5 Å². The van der Waals surface area contributed by atoms with Gasteiger partial charge in [-0.3, -0.25) is 0 Å². The molecule has 0 aliphatic carbocycles. The molecule has 0 aliphatic rings. The molecule has 0 saturated heterocycles. The van der Waals surface area contributed by atoms with E-state index in [0.717, 1.165) is 25.8 Å². The van der Waals surface area contributed by atoms with Crippen molar-refractivity contribution in [3.8, 4) is 10.8 Å². The van der Waals surface area contributed by atoms with Crippen LogP contribution in [-0.2, 0) is 0 Å². The number of fused-ring (bicyclic) bond motifs is 1. The topological polar surface area (TPSA) is 64.7 Å². The molecule has 0 spiro atoms. The molecule has 0 amide bonds. The van der Waals surface area contributed by atoms with Crippen LogP contribution in [0.4, 0.5) is 5.82 Å². The summed E-state index contributed by atoms with van der Waals surface area (Å²) in [5, 5.41) is 3.66. The van der Waals surface area contributed by atoms with Crippen LogP contribution in [0.1, 0.15) is 10.6 Å². The van der Waals surface area contributed by atoms with Gasteiger partial charge in [0, 0.05) is 16.0 Å². The molecule has 0 atom stereocenters. The number of hydrogen-bond acceptors (Lipinski definition) is 6. The average molecular weight is 274 g/mol. The Hall–Kier alpha value is -1.79. The van der Waals surface area contributed by atoms with Crippen LogP contribution in [0.25, 0.3) is 27.1 Å². The maximum absolute atomic E-state index is 5.97. The minimum Gasteiger partial charge on any atom is -0.383 e. The second kappa shape index (κ2) is 4.15.